The number of hydrogen-bond acceptors (Lipinski definition) is 2. The van der Waals surface area contributed by atoms with Crippen LogP contribution in [0.15, 0.2) is 0 Å². The van der Waals surface area contributed by atoms with Gasteiger partial charge in [0.1, 0.15) is 5.75 Å². The molecule has 1 heterocycles. The zero-order valence-electron chi connectivity index (χ0n) is 14.9. The molecule has 1 aliphatic heterocycles. The molecule has 1 rings (SSSR count). The second kappa shape index (κ2) is 11.5. The number of halogens is 3. The molecule has 1 aliphatic rings. The minimum absolute atomic E-state index is 0.152. The van der Waals surface area contributed by atoms with Crippen LogP contribution in [-0.2, 0) is 15.3 Å². The Kier molecular flexibility index (Phi) is 10.5. The lowest BCUT2D eigenvalue weighted by Crippen LogP contribution is -2.41. The van der Waals surface area contributed by atoms with Crippen LogP contribution in [0.1, 0.15) is 64.2 Å². The molecule has 0 aromatic carbocycles. The van der Waals surface area contributed by atoms with Crippen LogP contribution in [0, 0.1) is 0 Å². The summed E-state index contributed by atoms with van der Waals surface area (Å²) in [5, 5.41) is 0. The number of hydrogen-bond donors (Lipinski definition) is 0. The zero-order chi connectivity index (χ0) is 17.9. The van der Waals surface area contributed by atoms with E-state index in [1.165, 1.54) is 62.6 Å². The van der Waals surface area contributed by atoms with Crippen LogP contribution in [0.4, 0.5) is 13.2 Å². The topological polar surface area (TPSA) is 26.3 Å². The van der Waals surface area contributed by atoms with E-state index in [1.807, 2.05) is 0 Å². The summed E-state index contributed by atoms with van der Waals surface area (Å²) in [6.45, 7) is 4.15. The van der Waals surface area contributed by atoms with E-state index in [2.05, 4.69) is 11.2 Å². The molecule has 1 fully saturated rings. The Morgan fingerprint density at radius 3 is 1.96 bits per heavy atom. The van der Waals surface area contributed by atoms with Gasteiger partial charge < -0.3 is 4.48 Å². The predicted octanol–water partition coefficient (Wildman–Crippen LogP) is 4.59. The van der Waals surface area contributed by atoms with Gasteiger partial charge in [-0.25, -0.2) is 4.21 Å². The first kappa shape index (κ1) is 21.9. The Hall–Kier alpha value is -0.140. The molecule has 7 heteroatoms. The van der Waals surface area contributed by atoms with Crippen LogP contribution in [0.2, 0.25) is 0 Å². The number of nitrogens with zero attached hydrogens (tertiary/aromatic N) is 1. The van der Waals surface area contributed by atoms with Crippen LogP contribution in [0.5, 0.6) is 0 Å². The lowest BCUT2D eigenvalue weighted by atomic mass is 10.1. The summed E-state index contributed by atoms with van der Waals surface area (Å²) in [5.41, 5.74) is 0. The molecule has 0 aromatic rings. The van der Waals surface area contributed by atoms with Crippen LogP contribution in [-0.4, -0.2) is 53.9 Å². The van der Waals surface area contributed by atoms with E-state index in [9.17, 15) is 17.4 Å². The van der Waals surface area contributed by atoms with Gasteiger partial charge in [0, 0.05) is 12.8 Å². The smallest absolute Gasteiger partial charge is 0.326 e. The summed E-state index contributed by atoms with van der Waals surface area (Å²) < 4.78 is 52.8. The quantitative estimate of drug-likeness (QED) is 0.349. The number of unbranched alkanes of at least 4 members (excludes halogenated alkanes) is 7. The lowest BCUT2D eigenvalue weighted by Gasteiger charge is -2.29. The van der Waals surface area contributed by atoms with E-state index in [0.29, 0.717) is 6.42 Å². The fraction of sp³-hybridized carbons (Fsp3) is 1.00. The van der Waals surface area contributed by atoms with Crippen molar-refractivity contribution in [2.75, 3.05) is 39.0 Å². The van der Waals surface area contributed by atoms with Crippen molar-refractivity contribution in [3.8, 4) is 0 Å². The summed E-state index contributed by atoms with van der Waals surface area (Å²) in [5.74, 6) is -1.37. The fourth-order valence-corrected chi connectivity index (χ4v) is 3.96. The summed E-state index contributed by atoms with van der Waals surface area (Å²) in [7, 11) is 2.37. The molecule has 0 bridgehead atoms. The number of alkyl halides is 3. The largest absolute Gasteiger partial charge is 0.402 e. The van der Waals surface area contributed by atoms with Crippen LogP contribution < -0.4 is 0 Å². The van der Waals surface area contributed by atoms with Crippen molar-refractivity contribution >= 4 is 11.1 Å². The molecule has 1 atom stereocenters. The minimum Gasteiger partial charge on any atom is -0.326 e. The van der Waals surface area contributed by atoms with Gasteiger partial charge in [0.25, 0.3) is 0 Å². The molecule has 1 saturated heterocycles. The normalized spacial score (nSPS) is 18.8. The van der Waals surface area contributed by atoms with Crippen LogP contribution in [0.3, 0.4) is 0 Å². The first-order valence-corrected chi connectivity index (χ1v) is 10.5. The molecule has 0 radical (unpaired) electrons. The van der Waals surface area contributed by atoms with E-state index in [1.54, 1.807) is 0 Å². The van der Waals surface area contributed by atoms with Crippen molar-refractivity contribution < 1.29 is 26.0 Å². The lowest BCUT2D eigenvalue weighted by molar-refractivity contribution is -0.897. The Bertz CT molecular complexity index is 358. The van der Waals surface area contributed by atoms with Gasteiger partial charge in [0.2, 0.25) is 0 Å². The Morgan fingerprint density at radius 2 is 1.42 bits per heavy atom. The molecular weight excluding hydrogens is 339 g/mol. The first-order chi connectivity index (χ1) is 11.3. The Balaban J connectivity index is 1.81. The van der Waals surface area contributed by atoms with Gasteiger partial charge in [-0.15, -0.1) is 0 Å². The third-order valence-electron chi connectivity index (χ3n) is 4.73. The Labute approximate surface area is 147 Å². The molecule has 0 spiro atoms. The molecule has 3 nitrogen and oxygen atoms in total. The van der Waals surface area contributed by atoms with E-state index >= 15 is 0 Å². The summed E-state index contributed by atoms with van der Waals surface area (Å²) >= 11 is -2.23. The third kappa shape index (κ3) is 11.4. The standard InChI is InChI=1S/C17H33F3NO2S/c1-21(13-9-10-14-21)12-8-6-4-2-3-5-7-11-15-23-24(22)16-17(18,19)20/h2-16H2,1H3/q+1. The second-order valence-electron chi connectivity index (χ2n) is 7.21. The molecule has 0 amide bonds. The predicted molar refractivity (Wildman–Crippen MR) is 92.0 cm³/mol. The van der Waals surface area contributed by atoms with Gasteiger partial charge >= 0.3 is 6.18 Å². The van der Waals surface area contributed by atoms with Gasteiger partial charge in [-0.3, -0.25) is 4.18 Å². The molecule has 144 valence electrons. The summed E-state index contributed by atoms with van der Waals surface area (Å²) in [4.78, 5) is 0. The highest BCUT2D eigenvalue weighted by atomic mass is 32.2. The van der Waals surface area contributed by atoms with Crippen molar-refractivity contribution in [3.05, 3.63) is 0 Å². The maximum Gasteiger partial charge on any atom is 0.402 e. The van der Waals surface area contributed by atoms with Gasteiger partial charge in [-0.1, -0.05) is 32.1 Å². The van der Waals surface area contributed by atoms with Crippen LogP contribution >= 0.6 is 0 Å². The first-order valence-electron chi connectivity index (χ1n) is 9.23. The average Bonchev–Trinajstić information content (AvgIpc) is 2.90. The second-order valence-corrected chi connectivity index (χ2v) is 8.34. The third-order valence-corrected chi connectivity index (χ3v) is 5.73. The molecule has 0 aliphatic carbocycles. The molecule has 1 unspecified atom stereocenters. The minimum atomic E-state index is -4.42. The molecule has 24 heavy (non-hydrogen) atoms. The van der Waals surface area contributed by atoms with E-state index in [0.717, 1.165) is 19.3 Å². The Morgan fingerprint density at radius 1 is 0.917 bits per heavy atom. The summed E-state index contributed by atoms with van der Waals surface area (Å²) in [6.07, 6.45) is 7.30. The fourth-order valence-electron chi connectivity index (χ4n) is 3.31. The monoisotopic (exact) mass is 372 g/mol. The molecule has 0 aromatic heterocycles. The van der Waals surface area contributed by atoms with E-state index in [4.69, 9.17) is 0 Å². The van der Waals surface area contributed by atoms with Crippen molar-refractivity contribution in [2.24, 2.45) is 0 Å². The van der Waals surface area contributed by atoms with E-state index in [-0.39, 0.29) is 6.61 Å². The van der Waals surface area contributed by atoms with Gasteiger partial charge in [-0.05, 0) is 19.3 Å². The SMILES string of the molecule is C[N+]1(CCCCCCCCCCOS(=O)CC(F)(F)F)CCCC1. The van der Waals surface area contributed by atoms with Crippen LogP contribution in [0.25, 0.3) is 0 Å². The van der Waals surface area contributed by atoms with Crippen molar-refractivity contribution in [1.82, 2.24) is 0 Å². The van der Waals surface area contributed by atoms with Gasteiger partial charge in [0.05, 0.1) is 33.3 Å². The molecular formula is C17H33F3NO2S+. The molecule has 0 N–H and O–H groups in total. The summed E-state index contributed by atoms with van der Waals surface area (Å²) in [6, 6.07) is 0. The highest BCUT2D eigenvalue weighted by Gasteiger charge is 2.31. The highest BCUT2D eigenvalue weighted by molar-refractivity contribution is 7.80. The highest BCUT2D eigenvalue weighted by Crippen LogP contribution is 2.18. The maximum atomic E-state index is 11.9. The number of likely N-dealkylation sites (tertiary alicyclic amines) is 1. The van der Waals surface area contributed by atoms with Crippen molar-refractivity contribution in [3.63, 3.8) is 0 Å². The van der Waals surface area contributed by atoms with Gasteiger partial charge in [0.15, 0.2) is 11.1 Å². The number of quaternary nitrogens is 1. The van der Waals surface area contributed by atoms with E-state index < -0.39 is 23.0 Å². The zero-order valence-corrected chi connectivity index (χ0v) is 15.7. The average molecular weight is 373 g/mol. The van der Waals surface area contributed by atoms with Crippen molar-refractivity contribution in [2.45, 2.75) is 70.4 Å². The maximum absolute atomic E-state index is 11.9. The number of rotatable bonds is 13. The molecule has 0 saturated carbocycles. The van der Waals surface area contributed by atoms with Crippen molar-refractivity contribution in [1.29, 1.82) is 0 Å². The van der Waals surface area contributed by atoms with Gasteiger partial charge in [-0.2, -0.15) is 13.2 Å².